The van der Waals surface area contributed by atoms with Crippen molar-refractivity contribution in [3.05, 3.63) is 109 Å². The molecular formula is C53H86O5. The predicted octanol–water partition coefficient (Wildman–Crippen LogP) is 15.4. The average Bonchev–Trinajstić information content (AvgIpc) is 3.23. The number of unbranched alkanes of at least 4 members (excludes halogenated alkanes) is 15. The van der Waals surface area contributed by atoms with Gasteiger partial charge in [-0.05, 0) is 96.3 Å². The van der Waals surface area contributed by atoms with Gasteiger partial charge in [0.2, 0.25) is 0 Å². The molecule has 0 saturated heterocycles. The molecule has 1 unspecified atom stereocenters. The van der Waals surface area contributed by atoms with Crippen molar-refractivity contribution < 1.29 is 24.2 Å². The second-order valence-electron chi connectivity index (χ2n) is 15.1. The summed E-state index contributed by atoms with van der Waals surface area (Å²) in [5.74, 6) is -0.635. The van der Waals surface area contributed by atoms with Crippen molar-refractivity contribution in [1.82, 2.24) is 0 Å². The second kappa shape index (κ2) is 47.9. The number of allylic oxidation sites excluding steroid dienone is 18. The molecule has 0 aliphatic carbocycles. The van der Waals surface area contributed by atoms with E-state index in [9.17, 15) is 14.7 Å². The van der Waals surface area contributed by atoms with Crippen molar-refractivity contribution in [1.29, 1.82) is 0 Å². The highest BCUT2D eigenvalue weighted by molar-refractivity contribution is 5.70. The summed E-state index contributed by atoms with van der Waals surface area (Å²) < 4.78 is 10.6. The van der Waals surface area contributed by atoms with Gasteiger partial charge in [0, 0.05) is 12.8 Å². The molecule has 0 aromatic rings. The van der Waals surface area contributed by atoms with Crippen molar-refractivity contribution in [2.75, 3.05) is 13.2 Å². The molecule has 0 saturated carbocycles. The van der Waals surface area contributed by atoms with Crippen LogP contribution in [0.2, 0.25) is 0 Å². The highest BCUT2D eigenvalue weighted by Gasteiger charge is 2.16. The van der Waals surface area contributed by atoms with Crippen molar-refractivity contribution in [3.63, 3.8) is 0 Å². The van der Waals surface area contributed by atoms with Crippen LogP contribution in [-0.2, 0) is 19.1 Å². The van der Waals surface area contributed by atoms with Gasteiger partial charge < -0.3 is 14.6 Å². The Kier molecular flexibility index (Phi) is 45.1. The third-order valence-corrected chi connectivity index (χ3v) is 9.56. The van der Waals surface area contributed by atoms with Gasteiger partial charge in [-0.1, -0.05) is 194 Å². The van der Waals surface area contributed by atoms with Crippen molar-refractivity contribution in [2.24, 2.45) is 0 Å². The molecule has 1 atom stereocenters. The Morgan fingerprint density at radius 3 is 1.05 bits per heavy atom. The zero-order chi connectivity index (χ0) is 42.1. The Morgan fingerprint density at radius 2 is 0.690 bits per heavy atom. The molecule has 0 bridgehead atoms. The standard InChI is InChI=1S/C53H86O5/c1-3-5-7-9-11-13-15-17-18-19-20-21-22-23-24-25-26-27-28-29-30-31-32-33-34-36-38-40-42-44-46-48-53(56)58-51(49-54)50-57-52(55)47-45-43-41-39-37-35-16-14-12-10-8-6-4-2/h5-8,11-14,17-18,20-21,23-24,26-27,35,37,51,54H,3-4,9-10,15-16,19,22,25,28-34,36,38-50H2,1-2H3/b7-5-,8-6-,13-11-,14-12-,18-17-,21-20-,24-23-,27-26-,37-35-. The largest absolute Gasteiger partial charge is 0.462 e. The van der Waals surface area contributed by atoms with Crippen LogP contribution in [0, 0.1) is 0 Å². The van der Waals surface area contributed by atoms with E-state index in [1.165, 1.54) is 64.2 Å². The van der Waals surface area contributed by atoms with Gasteiger partial charge in [-0.3, -0.25) is 9.59 Å². The van der Waals surface area contributed by atoms with Crippen molar-refractivity contribution in [3.8, 4) is 0 Å². The van der Waals surface area contributed by atoms with Crippen molar-refractivity contribution >= 4 is 11.9 Å². The summed E-state index contributed by atoms with van der Waals surface area (Å²) in [5.41, 5.74) is 0. The van der Waals surface area contributed by atoms with Crippen LogP contribution in [0.25, 0.3) is 0 Å². The lowest BCUT2D eigenvalue weighted by Crippen LogP contribution is -2.28. The maximum atomic E-state index is 12.2. The summed E-state index contributed by atoms with van der Waals surface area (Å²) in [6.45, 7) is 3.87. The maximum absolute atomic E-state index is 12.2. The zero-order valence-corrected chi connectivity index (χ0v) is 37.3. The lowest BCUT2D eigenvalue weighted by molar-refractivity contribution is -0.161. The quantitative estimate of drug-likeness (QED) is 0.0379. The smallest absolute Gasteiger partial charge is 0.306 e. The lowest BCUT2D eigenvalue weighted by Gasteiger charge is -2.15. The molecule has 0 radical (unpaired) electrons. The monoisotopic (exact) mass is 803 g/mol. The SMILES string of the molecule is CC/C=C\C/C=C\C/C=C\C/C=C\C/C=C\C/C=C\CCCCCCCCCCCCCCC(=O)OC(CO)COC(=O)CCCCC/C=C\C/C=C\C/C=C\CC. The minimum Gasteiger partial charge on any atom is -0.462 e. The molecule has 0 amide bonds. The minimum absolute atomic E-state index is 0.0874. The Balaban J connectivity index is 3.56. The number of aliphatic hydroxyl groups excluding tert-OH is 1. The van der Waals surface area contributed by atoms with Gasteiger partial charge in [0.05, 0.1) is 6.61 Å². The summed E-state index contributed by atoms with van der Waals surface area (Å²) in [6.07, 6.45) is 68.9. The van der Waals surface area contributed by atoms with E-state index in [2.05, 4.69) is 123 Å². The summed E-state index contributed by atoms with van der Waals surface area (Å²) in [4.78, 5) is 24.3. The zero-order valence-electron chi connectivity index (χ0n) is 37.3. The molecule has 0 aliphatic rings. The van der Waals surface area contributed by atoms with Crippen LogP contribution < -0.4 is 0 Å². The van der Waals surface area contributed by atoms with Crippen LogP contribution >= 0.6 is 0 Å². The Bertz CT molecular complexity index is 1180. The molecule has 58 heavy (non-hydrogen) atoms. The van der Waals surface area contributed by atoms with Crippen LogP contribution in [0.4, 0.5) is 0 Å². The summed E-state index contributed by atoms with van der Waals surface area (Å²) in [5, 5.41) is 9.58. The molecule has 0 aromatic heterocycles. The first-order valence-electron chi connectivity index (χ1n) is 23.4. The summed E-state index contributed by atoms with van der Waals surface area (Å²) in [6, 6.07) is 0. The van der Waals surface area contributed by atoms with Gasteiger partial charge in [-0.25, -0.2) is 0 Å². The second-order valence-corrected chi connectivity index (χ2v) is 15.1. The third kappa shape index (κ3) is 45.3. The van der Waals surface area contributed by atoms with E-state index in [-0.39, 0.29) is 25.2 Å². The fourth-order valence-electron chi connectivity index (χ4n) is 6.10. The number of rotatable bonds is 41. The molecule has 0 spiro atoms. The molecule has 328 valence electrons. The predicted molar refractivity (Wildman–Crippen MR) is 251 cm³/mol. The Morgan fingerprint density at radius 1 is 0.397 bits per heavy atom. The first-order valence-corrected chi connectivity index (χ1v) is 23.4. The van der Waals surface area contributed by atoms with Crippen LogP contribution in [0.5, 0.6) is 0 Å². The number of hydrogen-bond acceptors (Lipinski definition) is 5. The van der Waals surface area contributed by atoms with Crippen LogP contribution in [0.1, 0.15) is 194 Å². The van der Waals surface area contributed by atoms with Crippen LogP contribution in [0.15, 0.2) is 109 Å². The maximum Gasteiger partial charge on any atom is 0.306 e. The molecule has 0 fully saturated rings. The summed E-state index contributed by atoms with van der Waals surface area (Å²) in [7, 11) is 0. The van der Waals surface area contributed by atoms with E-state index in [1.807, 2.05) is 0 Å². The topological polar surface area (TPSA) is 72.8 Å². The molecule has 0 heterocycles. The molecule has 5 nitrogen and oxygen atoms in total. The van der Waals surface area contributed by atoms with Gasteiger partial charge in [0.15, 0.2) is 6.10 Å². The number of hydrogen-bond donors (Lipinski definition) is 1. The molecule has 0 aliphatic heterocycles. The van der Waals surface area contributed by atoms with E-state index in [0.29, 0.717) is 12.8 Å². The number of aliphatic hydroxyl groups is 1. The molecule has 0 aromatic carbocycles. The number of carbonyl (C=O) groups is 2. The molecule has 5 heteroatoms. The number of esters is 2. The van der Waals surface area contributed by atoms with E-state index in [0.717, 1.165) is 103 Å². The van der Waals surface area contributed by atoms with Gasteiger partial charge in [0.25, 0.3) is 0 Å². The van der Waals surface area contributed by atoms with Gasteiger partial charge in [-0.2, -0.15) is 0 Å². The van der Waals surface area contributed by atoms with Crippen LogP contribution in [0.3, 0.4) is 0 Å². The normalized spacial score (nSPS) is 13.2. The van der Waals surface area contributed by atoms with Gasteiger partial charge in [-0.15, -0.1) is 0 Å². The van der Waals surface area contributed by atoms with E-state index in [1.54, 1.807) is 0 Å². The Labute approximate surface area is 357 Å². The first kappa shape index (κ1) is 54.6. The summed E-state index contributed by atoms with van der Waals surface area (Å²) >= 11 is 0. The fraction of sp³-hybridized carbons (Fsp3) is 0.623. The van der Waals surface area contributed by atoms with Crippen molar-refractivity contribution in [2.45, 2.75) is 200 Å². The van der Waals surface area contributed by atoms with Gasteiger partial charge in [0.1, 0.15) is 6.61 Å². The fourth-order valence-corrected chi connectivity index (χ4v) is 6.10. The number of carbonyl (C=O) groups excluding carboxylic acids is 2. The molecule has 0 rings (SSSR count). The average molecular weight is 803 g/mol. The van der Waals surface area contributed by atoms with E-state index in [4.69, 9.17) is 9.47 Å². The van der Waals surface area contributed by atoms with Gasteiger partial charge >= 0.3 is 11.9 Å². The Hall–Kier alpha value is -3.44. The highest BCUT2D eigenvalue weighted by atomic mass is 16.6. The third-order valence-electron chi connectivity index (χ3n) is 9.56. The highest BCUT2D eigenvalue weighted by Crippen LogP contribution is 2.14. The lowest BCUT2D eigenvalue weighted by atomic mass is 10.0. The molecule has 1 N–H and O–H groups in total. The minimum atomic E-state index is -0.791. The first-order chi connectivity index (χ1) is 28.6. The van der Waals surface area contributed by atoms with E-state index < -0.39 is 6.10 Å². The van der Waals surface area contributed by atoms with E-state index >= 15 is 0 Å². The molecular weight excluding hydrogens is 717 g/mol. The number of ether oxygens (including phenoxy) is 2. The van der Waals surface area contributed by atoms with Crippen LogP contribution in [-0.4, -0.2) is 36.4 Å².